The van der Waals surface area contributed by atoms with Gasteiger partial charge in [-0.25, -0.2) is 0 Å². The van der Waals surface area contributed by atoms with E-state index in [4.69, 9.17) is 0 Å². The zero-order valence-corrected chi connectivity index (χ0v) is 12.2. The molecule has 0 aromatic carbocycles. The number of hydrogen-bond donors (Lipinski definition) is 1. The Kier molecular flexibility index (Phi) is 5.53. The third-order valence-corrected chi connectivity index (χ3v) is 4.15. The van der Waals surface area contributed by atoms with E-state index < -0.39 is 0 Å². The maximum Gasteiger partial charge on any atom is 0.223 e. The van der Waals surface area contributed by atoms with Gasteiger partial charge in [-0.3, -0.25) is 9.59 Å². The molecule has 0 bridgehead atoms. The van der Waals surface area contributed by atoms with Crippen LogP contribution >= 0.6 is 0 Å². The van der Waals surface area contributed by atoms with Crippen LogP contribution in [0.25, 0.3) is 0 Å². The van der Waals surface area contributed by atoms with Gasteiger partial charge in [0.25, 0.3) is 0 Å². The number of nitrogens with one attached hydrogen (secondary N) is 1. The monoisotopic (exact) mass is 276 g/mol. The third-order valence-electron chi connectivity index (χ3n) is 4.15. The summed E-state index contributed by atoms with van der Waals surface area (Å²) in [4.78, 5) is 26.4. The normalized spacial score (nSPS) is 20.6. The number of allylic oxidation sites excluding steroid dienone is 3. The molecule has 2 aliphatic rings. The third kappa shape index (κ3) is 4.04. The molecule has 1 amide bonds. The minimum atomic E-state index is 0.0142. The minimum Gasteiger partial charge on any atom is -0.348 e. The van der Waals surface area contributed by atoms with E-state index in [1.807, 2.05) is 18.2 Å². The summed E-state index contributed by atoms with van der Waals surface area (Å²) in [5, 5.41) is 2.80. The van der Waals surface area contributed by atoms with Gasteiger partial charge in [-0.2, -0.15) is 0 Å². The van der Waals surface area contributed by atoms with Crippen LogP contribution < -0.4 is 5.32 Å². The Morgan fingerprint density at radius 1 is 1.30 bits per heavy atom. The fourth-order valence-electron chi connectivity index (χ4n) is 2.75. The molecule has 1 aliphatic heterocycles. The lowest BCUT2D eigenvalue weighted by atomic mass is 9.95. The number of rotatable bonds is 5. The molecule has 4 nitrogen and oxygen atoms in total. The number of piperidine rings is 1. The molecule has 0 atom stereocenters. The molecule has 2 rings (SSSR count). The van der Waals surface area contributed by atoms with E-state index >= 15 is 0 Å². The number of hydrogen-bond acceptors (Lipinski definition) is 3. The zero-order chi connectivity index (χ0) is 14.4. The maximum absolute atomic E-state index is 12.1. The Hall–Kier alpha value is -1.42. The summed E-state index contributed by atoms with van der Waals surface area (Å²) in [5.41, 5.74) is 0.734. The predicted molar refractivity (Wildman–Crippen MR) is 79.3 cm³/mol. The molecule has 1 heterocycles. The van der Waals surface area contributed by atoms with Gasteiger partial charge in [0.05, 0.1) is 6.54 Å². The van der Waals surface area contributed by atoms with E-state index in [0.717, 1.165) is 50.9 Å². The second-order valence-electron chi connectivity index (χ2n) is 5.49. The van der Waals surface area contributed by atoms with E-state index in [2.05, 4.69) is 17.1 Å². The second kappa shape index (κ2) is 7.39. The highest BCUT2D eigenvalue weighted by Gasteiger charge is 2.24. The van der Waals surface area contributed by atoms with Gasteiger partial charge < -0.3 is 10.2 Å². The van der Waals surface area contributed by atoms with Crippen molar-refractivity contribution >= 4 is 11.7 Å². The van der Waals surface area contributed by atoms with Crippen molar-refractivity contribution in [1.29, 1.82) is 0 Å². The van der Waals surface area contributed by atoms with Crippen LogP contribution in [0.15, 0.2) is 23.8 Å². The van der Waals surface area contributed by atoms with Crippen LogP contribution in [0.5, 0.6) is 0 Å². The molecule has 4 heteroatoms. The maximum atomic E-state index is 12.1. The van der Waals surface area contributed by atoms with Crippen LogP contribution in [0.4, 0.5) is 0 Å². The van der Waals surface area contributed by atoms with E-state index in [0.29, 0.717) is 0 Å². The summed E-state index contributed by atoms with van der Waals surface area (Å²) in [6, 6.07) is 0. The molecule has 0 aromatic heterocycles. The summed E-state index contributed by atoms with van der Waals surface area (Å²) in [6.07, 6.45) is 9.54. The topological polar surface area (TPSA) is 49.4 Å². The molecule has 20 heavy (non-hydrogen) atoms. The molecule has 0 unspecified atom stereocenters. The standard InChI is InChI=1S/C16H24N2O2/c1-2-18-10-8-14(9-11-18)16(20)17-12-15(19)13-6-4-3-5-7-13/h4,6-7,14H,2-3,5,8-12H2,1H3,(H,17,20). The molecule has 0 saturated carbocycles. The Balaban J connectivity index is 1.74. The predicted octanol–water partition coefficient (Wildman–Crippen LogP) is 1.68. The molecule has 0 radical (unpaired) electrons. The molecular formula is C16H24N2O2. The van der Waals surface area contributed by atoms with Gasteiger partial charge in [0, 0.05) is 11.5 Å². The number of likely N-dealkylation sites (tertiary alicyclic amines) is 1. The van der Waals surface area contributed by atoms with Crippen LogP contribution in [-0.2, 0) is 9.59 Å². The van der Waals surface area contributed by atoms with Crippen molar-refractivity contribution in [2.24, 2.45) is 5.92 Å². The number of Topliss-reactive ketones (excluding diaryl/α,β-unsaturated/α-hetero) is 1. The number of ketones is 1. The van der Waals surface area contributed by atoms with Crippen molar-refractivity contribution in [3.8, 4) is 0 Å². The summed E-state index contributed by atoms with van der Waals surface area (Å²) < 4.78 is 0. The van der Waals surface area contributed by atoms with Gasteiger partial charge in [0.2, 0.25) is 5.91 Å². The fourth-order valence-corrected chi connectivity index (χ4v) is 2.75. The van der Waals surface area contributed by atoms with Crippen molar-refractivity contribution in [2.75, 3.05) is 26.2 Å². The molecule has 0 aromatic rings. The van der Waals surface area contributed by atoms with Gasteiger partial charge in [0.15, 0.2) is 5.78 Å². The van der Waals surface area contributed by atoms with E-state index in [9.17, 15) is 9.59 Å². The van der Waals surface area contributed by atoms with Gasteiger partial charge in [-0.15, -0.1) is 0 Å². The molecule has 1 aliphatic carbocycles. The van der Waals surface area contributed by atoms with Crippen molar-refractivity contribution in [2.45, 2.75) is 32.6 Å². The smallest absolute Gasteiger partial charge is 0.223 e. The van der Waals surface area contributed by atoms with Crippen molar-refractivity contribution < 1.29 is 9.59 Å². The number of carbonyl (C=O) groups is 2. The molecule has 1 fully saturated rings. The second-order valence-corrected chi connectivity index (χ2v) is 5.49. The molecule has 0 spiro atoms. The highest BCUT2D eigenvalue weighted by Crippen LogP contribution is 2.17. The van der Waals surface area contributed by atoms with Crippen LogP contribution in [0.3, 0.4) is 0 Å². The van der Waals surface area contributed by atoms with E-state index in [-0.39, 0.29) is 24.2 Å². The first kappa shape index (κ1) is 15.0. The van der Waals surface area contributed by atoms with E-state index in [1.165, 1.54) is 0 Å². The van der Waals surface area contributed by atoms with Gasteiger partial charge >= 0.3 is 0 Å². The lowest BCUT2D eigenvalue weighted by molar-refractivity contribution is -0.128. The SMILES string of the molecule is CCN1CCC(C(=O)NCC(=O)C2=CCCC=C2)CC1. The van der Waals surface area contributed by atoms with Gasteiger partial charge in [0.1, 0.15) is 0 Å². The van der Waals surface area contributed by atoms with Gasteiger partial charge in [-0.1, -0.05) is 25.2 Å². The quantitative estimate of drug-likeness (QED) is 0.831. The van der Waals surface area contributed by atoms with Crippen molar-refractivity contribution in [1.82, 2.24) is 10.2 Å². The Bertz CT molecular complexity index is 418. The first-order chi connectivity index (χ1) is 9.70. The molecule has 1 saturated heterocycles. The number of amides is 1. The summed E-state index contributed by atoms with van der Waals surface area (Å²) in [5.74, 6) is 0.122. The highest BCUT2D eigenvalue weighted by atomic mass is 16.2. The van der Waals surface area contributed by atoms with Crippen LogP contribution in [0.2, 0.25) is 0 Å². The first-order valence-electron chi connectivity index (χ1n) is 7.60. The highest BCUT2D eigenvalue weighted by molar-refractivity contribution is 6.01. The van der Waals surface area contributed by atoms with Gasteiger partial charge in [-0.05, 0) is 45.3 Å². The summed E-state index contributed by atoms with van der Waals surface area (Å²) >= 11 is 0. The zero-order valence-electron chi connectivity index (χ0n) is 12.2. The van der Waals surface area contributed by atoms with Crippen LogP contribution in [0.1, 0.15) is 32.6 Å². The van der Waals surface area contributed by atoms with Crippen LogP contribution in [-0.4, -0.2) is 42.8 Å². The summed E-state index contributed by atoms with van der Waals surface area (Å²) in [6.45, 7) is 5.29. The average molecular weight is 276 g/mol. The Morgan fingerprint density at radius 3 is 2.65 bits per heavy atom. The largest absolute Gasteiger partial charge is 0.348 e. The van der Waals surface area contributed by atoms with Crippen molar-refractivity contribution in [3.63, 3.8) is 0 Å². The first-order valence-corrected chi connectivity index (χ1v) is 7.60. The molecular weight excluding hydrogens is 252 g/mol. The lowest BCUT2D eigenvalue weighted by Crippen LogP contribution is -2.41. The number of carbonyl (C=O) groups excluding carboxylic acids is 2. The van der Waals surface area contributed by atoms with Crippen LogP contribution in [0, 0.1) is 5.92 Å². The van der Waals surface area contributed by atoms with E-state index in [1.54, 1.807) is 0 Å². The summed E-state index contributed by atoms with van der Waals surface area (Å²) in [7, 11) is 0. The lowest BCUT2D eigenvalue weighted by Gasteiger charge is -2.30. The number of nitrogens with zero attached hydrogens (tertiary/aromatic N) is 1. The fraction of sp³-hybridized carbons (Fsp3) is 0.625. The Labute approximate surface area is 120 Å². The molecule has 1 N–H and O–H groups in total. The molecule has 110 valence electrons. The van der Waals surface area contributed by atoms with Crippen molar-refractivity contribution in [3.05, 3.63) is 23.8 Å². The average Bonchev–Trinajstić information content (AvgIpc) is 2.53. The minimum absolute atomic E-state index is 0.0142. The Morgan fingerprint density at radius 2 is 2.05 bits per heavy atom.